The number of pyridine rings is 1. The number of hydrogen-bond acceptors (Lipinski definition) is 5. The van der Waals surface area contributed by atoms with Crippen molar-refractivity contribution in [1.29, 1.82) is 0 Å². The first-order valence-corrected chi connectivity index (χ1v) is 8.91. The number of rotatable bonds is 5. The third-order valence-electron chi connectivity index (χ3n) is 3.86. The van der Waals surface area contributed by atoms with Crippen LogP contribution in [0.4, 0.5) is 5.13 Å². The van der Waals surface area contributed by atoms with Gasteiger partial charge in [-0.25, -0.2) is 4.98 Å². The van der Waals surface area contributed by atoms with Crippen LogP contribution < -0.4 is 15.7 Å². The van der Waals surface area contributed by atoms with Gasteiger partial charge in [0.1, 0.15) is 12.2 Å². The molecule has 0 radical (unpaired) electrons. The van der Waals surface area contributed by atoms with Gasteiger partial charge in [0.2, 0.25) is 0 Å². The fourth-order valence-corrected chi connectivity index (χ4v) is 3.20. The van der Waals surface area contributed by atoms with E-state index in [2.05, 4.69) is 10.3 Å². The predicted molar refractivity (Wildman–Crippen MR) is 102 cm³/mol. The van der Waals surface area contributed by atoms with Crippen LogP contribution in [0.15, 0.2) is 47.4 Å². The summed E-state index contributed by atoms with van der Waals surface area (Å²) in [7, 11) is 0. The molecule has 26 heavy (non-hydrogen) atoms. The van der Waals surface area contributed by atoms with Gasteiger partial charge in [0.05, 0.1) is 5.69 Å². The number of amides is 1. The molecule has 134 valence electrons. The minimum absolute atomic E-state index is 0.00208. The molecule has 0 aliphatic rings. The van der Waals surface area contributed by atoms with Gasteiger partial charge < -0.3 is 4.84 Å². The van der Waals surface area contributed by atoms with Gasteiger partial charge in [0.25, 0.3) is 11.5 Å². The third kappa shape index (κ3) is 4.00. The SMILES string of the molecule is Cc1cccc(COn2cccc(C(=O)Nc3nc(C)c(C)s3)c2=O)c1. The first kappa shape index (κ1) is 17.9. The molecule has 1 aromatic carbocycles. The molecule has 6 nitrogen and oxygen atoms in total. The molecule has 0 fully saturated rings. The lowest BCUT2D eigenvalue weighted by atomic mass is 10.1. The lowest BCUT2D eigenvalue weighted by molar-refractivity contribution is 0.0863. The van der Waals surface area contributed by atoms with E-state index < -0.39 is 11.5 Å². The lowest BCUT2D eigenvalue weighted by Gasteiger charge is -2.10. The molecule has 0 saturated heterocycles. The number of aromatic nitrogens is 2. The molecule has 3 rings (SSSR count). The van der Waals surface area contributed by atoms with Crippen molar-refractivity contribution in [3.63, 3.8) is 0 Å². The van der Waals surface area contributed by atoms with Crippen LogP contribution in [0.2, 0.25) is 0 Å². The van der Waals surface area contributed by atoms with Crippen LogP contribution in [0.3, 0.4) is 0 Å². The molecule has 1 amide bonds. The number of aryl methyl sites for hydroxylation is 3. The van der Waals surface area contributed by atoms with E-state index in [1.165, 1.54) is 23.6 Å². The Balaban J connectivity index is 1.76. The number of carbonyl (C=O) groups is 1. The summed E-state index contributed by atoms with van der Waals surface area (Å²) in [6.45, 7) is 6.02. The zero-order valence-corrected chi connectivity index (χ0v) is 15.6. The Morgan fingerprint density at radius 2 is 2.04 bits per heavy atom. The van der Waals surface area contributed by atoms with Gasteiger partial charge in [-0.1, -0.05) is 29.8 Å². The van der Waals surface area contributed by atoms with Gasteiger partial charge >= 0.3 is 0 Å². The Bertz CT molecular complexity index is 988. The average molecular weight is 369 g/mol. The quantitative estimate of drug-likeness (QED) is 0.750. The molecule has 0 unspecified atom stereocenters. The van der Waals surface area contributed by atoms with Crippen LogP contribution in [0.25, 0.3) is 0 Å². The molecule has 2 aromatic heterocycles. The summed E-state index contributed by atoms with van der Waals surface area (Å²) in [5.74, 6) is -0.503. The topological polar surface area (TPSA) is 73.2 Å². The van der Waals surface area contributed by atoms with Crippen LogP contribution in [0.1, 0.15) is 32.1 Å². The number of hydrogen-bond donors (Lipinski definition) is 1. The number of nitrogens with one attached hydrogen (secondary N) is 1. The minimum Gasteiger partial charge on any atom is -0.406 e. The van der Waals surface area contributed by atoms with Gasteiger partial charge in [0, 0.05) is 11.1 Å². The second-order valence-corrected chi connectivity index (χ2v) is 7.13. The van der Waals surface area contributed by atoms with Gasteiger partial charge in [0.15, 0.2) is 5.13 Å². The third-order valence-corrected chi connectivity index (χ3v) is 4.85. The summed E-state index contributed by atoms with van der Waals surface area (Å²) in [5, 5.41) is 3.14. The van der Waals surface area contributed by atoms with Crippen molar-refractivity contribution in [3.8, 4) is 0 Å². The minimum atomic E-state index is -0.511. The Morgan fingerprint density at radius 1 is 1.23 bits per heavy atom. The van der Waals surface area contributed by atoms with Gasteiger partial charge in [-0.2, -0.15) is 4.73 Å². The van der Waals surface area contributed by atoms with Crippen LogP contribution in [-0.4, -0.2) is 15.6 Å². The normalized spacial score (nSPS) is 10.6. The van der Waals surface area contributed by atoms with Crippen molar-refractivity contribution < 1.29 is 9.63 Å². The summed E-state index contributed by atoms with van der Waals surface area (Å²) in [6.07, 6.45) is 1.49. The number of benzene rings is 1. The highest BCUT2D eigenvalue weighted by molar-refractivity contribution is 7.15. The van der Waals surface area contributed by atoms with Crippen LogP contribution in [0.5, 0.6) is 0 Å². The Labute approximate surface area is 155 Å². The Kier molecular flexibility index (Phi) is 5.18. The molecule has 0 saturated carbocycles. The zero-order valence-electron chi connectivity index (χ0n) is 14.8. The van der Waals surface area contributed by atoms with Crippen molar-refractivity contribution in [2.24, 2.45) is 0 Å². The summed E-state index contributed by atoms with van der Waals surface area (Å²) >= 11 is 1.37. The van der Waals surface area contributed by atoms with E-state index in [0.29, 0.717) is 5.13 Å². The highest BCUT2D eigenvalue weighted by Crippen LogP contribution is 2.21. The number of thiazole rings is 1. The summed E-state index contributed by atoms with van der Waals surface area (Å²) < 4.78 is 1.08. The van der Waals surface area contributed by atoms with Crippen LogP contribution in [0, 0.1) is 20.8 Å². The number of anilines is 1. The van der Waals surface area contributed by atoms with E-state index in [-0.39, 0.29) is 12.2 Å². The number of carbonyl (C=O) groups excluding carboxylic acids is 1. The van der Waals surface area contributed by atoms with E-state index in [9.17, 15) is 9.59 Å². The Morgan fingerprint density at radius 3 is 2.73 bits per heavy atom. The Hall–Kier alpha value is -2.93. The molecule has 0 aliphatic carbocycles. The van der Waals surface area contributed by atoms with Gasteiger partial charge in [-0.15, -0.1) is 11.3 Å². The van der Waals surface area contributed by atoms with E-state index in [1.54, 1.807) is 6.07 Å². The largest absolute Gasteiger partial charge is 0.406 e. The fraction of sp³-hybridized carbons (Fsp3) is 0.211. The van der Waals surface area contributed by atoms with Crippen molar-refractivity contribution in [2.45, 2.75) is 27.4 Å². The zero-order chi connectivity index (χ0) is 18.7. The molecular weight excluding hydrogens is 350 g/mol. The van der Waals surface area contributed by atoms with E-state index in [4.69, 9.17) is 4.84 Å². The second kappa shape index (κ2) is 7.53. The van der Waals surface area contributed by atoms with Crippen LogP contribution in [-0.2, 0) is 6.61 Å². The highest BCUT2D eigenvalue weighted by Gasteiger charge is 2.15. The molecule has 0 aliphatic heterocycles. The molecule has 7 heteroatoms. The van der Waals surface area contributed by atoms with Crippen molar-refractivity contribution in [1.82, 2.24) is 9.71 Å². The number of nitrogens with zero attached hydrogens (tertiary/aromatic N) is 2. The first-order chi connectivity index (χ1) is 12.4. The highest BCUT2D eigenvalue weighted by atomic mass is 32.1. The van der Waals surface area contributed by atoms with Gasteiger partial charge in [-0.05, 0) is 38.5 Å². The first-order valence-electron chi connectivity index (χ1n) is 8.10. The van der Waals surface area contributed by atoms with Gasteiger partial charge in [-0.3, -0.25) is 14.9 Å². The maximum atomic E-state index is 12.5. The predicted octanol–water partition coefficient (Wildman–Crippen LogP) is 3.11. The molecule has 2 heterocycles. The molecule has 0 bridgehead atoms. The molecular formula is C19H19N3O3S. The monoisotopic (exact) mass is 369 g/mol. The summed E-state index contributed by atoms with van der Waals surface area (Å²) in [4.78, 5) is 35.8. The lowest BCUT2D eigenvalue weighted by Crippen LogP contribution is -2.32. The van der Waals surface area contributed by atoms with Crippen molar-refractivity contribution >= 4 is 22.4 Å². The molecule has 0 spiro atoms. The standard InChI is InChI=1S/C19H19N3O3S/c1-12-6-4-7-15(10-12)11-25-22-9-5-8-16(18(22)24)17(23)21-19-20-13(2)14(3)26-19/h4-10H,11H2,1-3H3,(H,20,21,23). The smallest absolute Gasteiger partial charge is 0.295 e. The molecule has 0 atom stereocenters. The molecule has 1 N–H and O–H groups in total. The summed E-state index contributed by atoms with van der Waals surface area (Å²) in [5.41, 5.74) is 2.41. The van der Waals surface area contributed by atoms with Crippen molar-refractivity contribution in [3.05, 3.63) is 80.2 Å². The second-order valence-electron chi connectivity index (χ2n) is 5.93. The maximum absolute atomic E-state index is 12.5. The van der Waals surface area contributed by atoms with Crippen molar-refractivity contribution in [2.75, 3.05) is 5.32 Å². The van der Waals surface area contributed by atoms with E-state index in [1.807, 2.05) is 45.0 Å². The fourth-order valence-electron chi connectivity index (χ4n) is 2.39. The van der Waals surface area contributed by atoms with E-state index in [0.717, 1.165) is 26.4 Å². The maximum Gasteiger partial charge on any atom is 0.295 e. The van der Waals surface area contributed by atoms with Crippen LogP contribution >= 0.6 is 11.3 Å². The molecule has 3 aromatic rings. The van der Waals surface area contributed by atoms with E-state index >= 15 is 0 Å². The summed E-state index contributed by atoms with van der Waals surface area (Å²) in [6, 6.07) is 10.9. The average Bonchev–Trinajstić information content (AvgIpc) is 2.91.